The molecule has 0 bridgehead atoms. The van der Waals surface area contributed by atoms with Gasteiger partial charge in [-0.15, -0.1) is 0 Å². The minimum Gasteiger partial charge on any atom is -0.476 e. The molecule has 0 radical (unpaired) electrons. The molecule has 2 heterocycles. The van der Waals surface area contributed by atoms with Gasteiger partial charge in [-0.25, -0.2) is 4.79 Å². The molecule has 6 heteroatoms. The number of carboxylic acids is 1. The molecule has 1 aromatic heterocycles. The van der Waals surface area contributed by atoms with Gasteiger partial charge in [0.1, 0.15) is 0 Å². The number of carbonyl (C=O) groups is 1. The van der Waals surface area contributed by atoms with Gasteiger partial charge in [0.05, 0.1) is 6.61 Å². The van der Waals surface area contributed by atoms with Crippen LogP contribution in [-0.4, -0.2) is 29.4 Å². The number of carboxylic acid groups (broad SMARTS) is 1. The quantitative estimate of drug-likeness (QED) is 0.941. The Morgan fingerprint density at radius 3 is 2.85 bits per heavy atom. The van der Waals surface area contributed by atoms with Gasteiger partial charge in [0.15, 0.2) is 11.5 Å². The molecule has 0 saturated carbocycles. The van der Waals surface area contributed by atoms with Crippen molar-refractivity contribution < 1.29 is 19.2 Å². The van der Waals surface area contributed by atoms with Crippen molar-refractivity contribution in [3.63, 3.8) is 0 Å². The second-order valence-corrected chi connectivity index (χ2v) is 5.09. The Kier molecular flexibility index (Phi) is 3.46. The fourth-order valence-corrected chi connectivity index (χ4v) is 2.64. The van der Waals surface area contributed by atoms with Crippen LogP contribution in [0.25, 0.3) is 11.3 Å². The van der Waals surface area contributed by atoms with Crippen LogP contribution in [0, 0.1) is 0 Å². The highest BCUT2D eigenvalue weighted by atomic mass is 35.5. The lowest BCUT2D eigenvalue weighted by molar-refractivity contribution is 0.0686. The van der Waals surface area contributed by atoms with Gasteiger partial charge in [-0.3, -0.25) is 0 Å². The van der Waals surface area contributed by atoms with Crippen LogP contribution >= 0.6 is 11.6 Å². The Morgan fingerprint density at radius 2 is 2.25 bits per heavy atom. The number of hydrogen-bond donors (Lipinski definition) is 1. The topological polar surface area (TPSA) is 72.6 Å². The molecule has 20 heavy (non-hydrogen) atoms. The van der Waals surface area contributed by atoms with E-state index in [2.05, 4.69) is 5.16 Å². The number of hydrogen-bond acceptors (Lipinski definition) is 4. The largest absolute Gasteiger partial charge is 0.476 e. The van der Waals surface area contributed by atoms with Crippen molar-refractivity contribution in [3.8, 4) is 11.3 Å². The van der Waals surface area contributed by atoms with Gasteiger partial charge in [0.2, 0.25) is 0 Å². The third-order valence-electron chi connectivity index (χ3n) is 3.38. The van der Waals surface area contributed by atoms with E-state index in [1.54, 1.807) is 6.07 Å². The van der Waals surface area contributed by atoms with Gasteiger partial charge in [-0.1, -0.05) is 28.9 Å². The van der Waals surface area contributed by atoms with Crippen molar-refractivity contribution >= 4 is 17.6 Å². The molecule has 1 aliphatic heterocycles. The minimum atomic E-state index is -1.12. The SMILES string of the molecule is O=C(O)c1cc(-c2ccc(C3CCOC3)c(Cl)c2)on1. The lowest BCUT2D eigenvalue weighted by Crippen LogP contribution is -1.98. The molecule has 0 aliphatic carbocycles. The number of benzene rings is 1. The monoisotopic (exact) mass is 293 g/mol. The molecule has 1 saturated heterocycles. The van der Waals surface area contributed by atoms with Gasteiger partial charge in [0.25, 0.3) is 0 Å². The molecule has 1 aliphatic rings. The molecular weight excluding hydrogens is 282 g/mol. The average Bonchev–Trinajstić information content (AvgIpc) is 3.10. The van der Waals surface area contributed by atoms with Gasteiger partial charge >= 0.3 is 5.97 Å². The first-order valence-corrected chi connectivity index (χ1v) is 6.60. The van der Waals surface area contributed by atoms with Crippen molar-refractivity contribution in [2.75, 3.05) is 13.2 Å². The van der Waals surface area contributed by atoms with Crippen LogP contribution in [0.2, 0.25) is 5.02 Å². The number of ether oxygens (including phenoxy) is 1. The number of rotatable bonds is 3. The number of aromatic nitrogens is 1. The Balaban J connectivity index is 1.90. The van der Waals surface area contributed by atoms with Crippen molar-refractivity contribution in [2.24, 2.45) is 0 Å². The summed E-state index contributed by atoms with van der Waals surface area (Å²) in [5.41, 5.74) is 1.63. The lowest BCUT2D eigenvalue weighted by atomic mass is 9.97. The van der Waals surface area contributed by atoms with E-state index in [0.29, 0.717) is 28.9 Å². The first kappa shape index (κ1) is 13.1. The summed E-state index contributed by atoms with van der Waals surface area (Å²) in [6.45, 7) is 1.44. The fraction of sp³-hybridized carbons (Fsp3) is 0.286. The van der Waals surface area contributed by atoms with Gasteiger partial charge in [0, 0.05) is 29.2 Å². The smallest absolute Gasteiger partial charge is 0.358 e. The standard InChI is InChI=1S/C14H12ClNO4/c15-11-5-8(13-6-12(14(17)18)16-20-13)1-2-10(11)9-3-4-19-7-9/h1-2,5-6,9H,3-4,7H2,(H,17,18). The maximum Gasteiger partial charge on any atom is 0.358 e. The summed E-state index contributed by atoms with van der Waals surface area (Å²) in [6, 6.07) is 6.93. The Morgan fingerprint density at radius 1 is 1.40 bits per heavy atom. The summed E-state index contributed by atoms with van der Waals surface area (Å²) in [6.07, 6.45) is 0.963. The minimum absolute atomic E-state index is 0.121. The summed E-state index contributed by atoms with van der Waals surface area (Å²) in [4.78, 5) is 10.8. The van der Waals surface area contributed by atoms with Crippen LogP contribution < -0.4 is 0 Å². The zero-order valence-electron chi connectivity index (χ0n) is 10.5. The van der Waals surface area contributed by atoms with Gasteiger partial charge < -0.3 is 14.4 Å². The third-order valence-corrected chi connectivity index (χ3v) is 3.71. The second-order valence-electron chi connectivity index (χ2n) is 4.68. The normalized spacial score (nSPS) is 18.4. The van der Waals surface area contributed by atoms with Crippen LogP contribution in [-0.2, 0) is 4.74 Å². The summed E-state index contributed by atoms with van der Waals surface area (Å²) >= 11 is 6.29. The zero-order valence-corrected chi connectivity index (χ0v) is 11.3. The van der Waals surface area contributed by atoms with Gasteiger partial charge in [-0.2, -0.15) is 0 Å². The molecule has 3 rings (SSSR count). The molecule has 1 fully saturated rings. The third kappa shape index (κ3) is 2.42. The van der Waals surface area contributed by atoms with Crippen LogP contribution in [0.15, 0.2) is 28.8 Å². The molecule has 1 unspecified atom stereocenters. The van der Waals surface area contributed by atoms with E-state index in [4.69, 9.17) is 26.0 Å². The first-order valence-electron chi connectivity index (χ1n) is 6.22. The Hall–Kier alpha value is -1.85. The van der Waals surface area contributed by atoms with E-state index in [9.17, 15) is 4.79 Å². The zero-order chi connectivity index (χ0) is 14.1. The highest BCUT2D eigenvalue weighted by Crippen LogP contribution is 2.34. The van der Waals surface area contributed by atoms with E-state index in [1.165, 1.54) is 6.07 Å². The summed E-state index contributed by atoms with van der Waals surface area (Å²) in [5, 5.41) is 12.9. The van der Waals surface area contributed by atoms with E-state index < -0.39 is 5.97 Å². The summed E-state index contributed by atoms with van der Waals surface area (Å²) in [5.74, 6) is -0.412. The molecule has 1 atom stereocenters. The Bertz CT molecular complexity index is 646. The van der Waals surface area contributed by atoms with Gasteiger partial charge in [-0.05, 0) is 18.1 Å². The maximum atomic E-state index is 10.8. The second kappa shape index (κ2) is 5.26. The van der Waals surface area contributed by atoms with Crippen molar-refractivity contribution in [2.45, 2.75) is 12.3 Å². The number of nitrogens with zero attached hydrogens (tertiary/aromatic N) is 1. The molecule has 1 aromatic carbocycles. The van der Waals surface area contributed by atoms with Crippen LogP contribution in [0.4, 0.5) is 0 Å². The predicted octanol–water partition coefficient (Wildman–Crippen LogP) is 3.20. The predicted molar refractivity (Wildman–Crippen MR) is 72.1 cm³/mol. The van der Waals surface area contributed by atoms with Crippen LogP contribution in [0.1, 0.15) is 28.4 Å². The first-order chi connectivity index (χ1) is 9.65. The molecule has 0 amide bonds. The number of aromatic carboxylic acids is 1. The van der Waals surface area contributed by atoms with Crippen molar-refractivity contribution in [1.82, 2.24) is 5.16 Å². The molecular formula is C14H12ClNO4. The highest BCUT2D eigenvalue weighted by Gasteiger charge is 2.21. The highest BCUT2D eigenvalue weighted by molar-refractivity contribution is 6.31. The molecule has 5 nitrogen and oxygen atoms in total. The van der Waals surface area contributed by atoms with E-state index in [-0.39, 0.29) is 5.69 Å². The van der Waals surface area contributed by atoms with E-state index in [1.807, 2.05) is 12.1 Å². The fourth-order valence-electron chi connectivity index (χ4n) is 2.30. The van der Waals surface area contributed by atoms with E-state index in [0.717, 1.165) is 18.6 Å². The van der Waals surface area contributed by atoms with E-state index >= 15 is 0 Å². The van der Waals surface area contributed by atoms with Crippen LogP contribution in [0.3, 0.4) is 0 Å². The van der Waals surface area contributed by atoms with Crippen LogP contribution in [0.5, 0.6) is 0 Å². The van der Waals surface area contributed by atoms with Crippen molar-refractivity contribution in [1.29, 1.82) is 0 Å². The number of halogens is 1. The maximum absolute atomic E-state index is 10.8. The molecule has 1 N–H and O–H groups in total. The Labute approximate surface area is 120 Å². The lowest BCUT2D eigenvalue weighted by Gasteiger charge is -2.10. The summed E-state index contributed by atoms with van der Waals surface area (Å²) in [7, 11) is 0. The molecule has 104 valence electrons. The molecule has 0 spiro atoms. The van der Waals surface area contributed by atoms with Crippen molar-refractivity contribution in [3.05, 3.63) is 40.5 Å². The molecule has 2 aromatic rings. The summed E-state index contributed by atoms with van der Waals surface area (Å²) < 4.78 is 10.4. The average molecular weight is 294 g/mol.